The van der Waals surface area contributed by atoms with Gasteiger partial charge in [0.2, 0.25) is 0 Å². The number of carbonyl (C=O) groups excluding carboxylic acids is 1. The molecular weight excluding hydrogens is 382 g/mol. The van der Waals surface area contributed by atoms with E-state index in [0.29, 0.717) is 56.4 Å². The molecule has 2 aliphatic heterocycles. The number of nitro groups is 1. The Hall–Kier alpha value is -2.64. The molecule has 8 heteroatoms. The SMILES string of the molecule is O=C(c1cc([N+](=O)[O-])ccc1N1CCOCC1)N1CCc2cc(Cl)ccc2C1. The average molecular weight is 402 g/mol. The largest absolute Gasteiger partial charge is 0.378 e. The molecule has 1 amide bonds. The maximum atomic E-state index is 13.3. The molecule has 146 valence electrons. The van der Waals surface area contributed by atoms with Crippen molar-refractivity contribution in [1.82, 2.24) is 4.90 Å². The number of nitro benzene ring substituents is 1. The molecule has 28 heavy (non-hydrogen) atoms. The molecule has 1 fully saturated rings. The number of anilines is 1. The fourth-order valence-corrected chi connectivity index (χ4v) is 3.95. The van der Waals surface area contributed by atoms with E-state index in [0.717, 1.165) is 16.8 Å². The molecule has 0 aromatic heterocycles. The molecule has 2 heterocycles. The zero-order chi connectivity index (χ0) is 19.7. The fraction of sp³-hybridized carbons (Fsp3) is 0.350. The van der Waals surface area contributed by atoms with E-state index in [1.54, 1.807) is 11.0 Å². The summed E-state index contributed by atoms with van der Waals surface area (Å²) in [5, 5.41) is 12.0. The molecular formula is C20H20ClN3O4. The number of nitrogens with zero attached hydrogens (tertiary/aromatic N) is 3. The van der Waals surface area contributed by atoms with E-state index >= 15 is 0 Å². The van der Waals surface area contributed by atoms with Crippen molar-refractivity contribution in [3.8, 4) is 0 Å². The number of benzene rings is 2. The second-order valence-electron chi connectivity index (χ2n) is 6.95. The van der Waals surface area contributed by atoms with Gasteiger partial charge in [-0.2, -0.15) is 0 Å². The van der Waals surface area contributed by atoms with Crippen molar-refractivity contribution in [1.29, 1.82) is 0 Å². The number of hydrogen-bond acceptors (Lipinski definition) is 5. The molecule has 0 spiro atoms. The summed E-state index contributed by atoms with van der Waals surface area (Å²) in [4.78, 5) is 27.9. The number of hydrogen-bond donors (Lipinski definition) is 0. The summed E-state index contributed by atoms with van der Waals surface area (Å²) in [5.41, 5.74) is 3.21. The lowest BCUT2D eigenvalue weighted by Gasteiger charge is -2.33. The van der Waals surface area contributed by atoms with Gasteiger partial charge in [-0.05, 0) is 35.7 Å². The summed E-state index contributed by atoms with van der Waals surface area (Å²) in [7, 11) is 0. The van der Waals surface area contributed by atoms with Crippen molar-refractivity contribution in [2.45, 2.75) is 13.0 Å². The van der Waals surface area contributed by atoms with E-state index in [-0.39, 0.29) is 11.6 Å². The van der Waals surface area contributed by atoms with Gasteiger partial charge in [0.05, 0.1) is 29.4 Å². The zero-order valence-electron chi connectivity index (χ0n) is 15.3. The van der Waals surface area contributed by atoms with Crippen LogP contribution in [0.15, 0.2) is 36.4 Å². The van der Waals surface area contributed by atoms with Crippen LogP contribution in [0, 0.1) is 10.1 Å². The third kappa shape index (κ3) is 3.68. The minimum Gasteiger partial charge on any atom is -0.378 e. The summed E-state index contributed by atoms with van der Waals surface area (Å²) in [5.74, 6) is -0.189. The molecule has 0 bridgehead atoms. The van der Waals surface area contributed by atoms with Crippen LogP contribution in [0.2, 0.25) is 5.02 Å². The van der Waals surface area contributed by atoms with Crippen LogP contribution in [0.5, 0.6) is 0 Å². The molecule has 2 aromatic carbocycles. The van der Waals surface area contributed by atoms with Crippen LogP contribution < -0.4 is 4.90 Å². The van der Waals surface area contributed by atoms with Gasteiger partial charge in [-0.1, -0.05) is 17.7 Å². The molecule has 1 saturated heterocycles. The number of non-ortho nitro benzene ring substituents is 1. The predicted molar refractivity (Wildman–Crippen MR) is 106 cm³/mol. The lowest BCUT2D eigenvalue weighted by molar-refractivity contribution is -0.384. The quantitative estimate of drug-likeness (QED) is 0.582. The Morgan fingerprint density at radius 1 is 1.07 bits per heavy atom. The van der Waals surface area contributed by atoms with Crippen molar-refractivity contribution >= 4 is 28.9 Å². The number of fused-ring (bicyclic) bond motifs is 1. The minimum atomic E-state index is -0.465. The van der Waals surface area contributed by atoms with Crippen LogP contribution in [0.3, 0.4) is 0 Å². The molecule has 7 nitrogen and oxygen atoms in total. The van der Waals surface area contributed by atoms with Gasteiger partial charge in [-0.15, -0.1) is 0 Å². The van der Waals surface area contributed by atoms with Crippen molar-refractivity contribution in [3.05, 3.63) is 68.2 Å². The Morgan fingerprint density at radius 2 is 1.86 bits per heavy atom. The van der Waals surface area contributed by atoms with Crippen LogP contribution in [0.1, 0.15) is 21.5 Å². The van der Waals surface area contributed by atoms with Crippen molar-refractivity contribution in [2.24, 2.45) is 0 Å². The highest BCUT2D eigenvalue weighted by Crippen LogP contribution is 2.30. The molecule has 0 aliphatic carbocycles. The first-order chi connectivity index (χ1) is 13.5. The van der Waals surface area contributed by atoms with Crippen LogP contribution in [-0.2, 0) is 17.7 Å². The smallest absolute Gasteiger partial charge is 0.270 e. The lowest BCUT2D eigenvalue weighted by Crippen LogP contribution is -2.40. The van der Waals surface area contributed by atoms with Gasteiger partial charge in [0.15, 0.2) is 0 Å². The number of rotatable bonds is 3. The summed E-state index contributed by atoms with van der Waals surface area (Å²) in [6.07, 6.45) is 0.712. The van der Waals surface area contributed by atoms with Gasteiger partial charge in [0.1, 0.15) is 0 Å². The molecule has 0 unspecified atom stereocenters. The monoisotopic (exact) mass is 401 g/mol. The average Bonchev–Trinajstić information content (AvgIpc) is 2.73. The third-order valence-corrected chi connectivity index (χ3v) is 5.48. The van der Waals surface area contributed by atoms with E-state index in [4.69, 9.17) is 16.3 Å². The maximum Gasteiger partial charge on any atom is 0.270 e. The summed E-state index contributed by atoms with van der Waals surface area (Å²) in [6, 6.07) is 10.2. The lowest BCUT2D eigenvalue weighted by atomic mass is 9.98. The Balaban J connectivity index is 1.66. The number of amides is 1. The van der Waals surface area contributed by atoms with Crippen molar-refractivity contribution < 1.29 is 14.5 Å². The van der Waals surface area contributed by atoms with Crippen molar-refractivity contribution in [2.75, 3.05) is 37.7 Å². The number of halogens is 1. The van der Waals surface area contributed by atoms with Crippen LogP contribution in [0.4, 0.5) is 11.4 Å². The fourth-order valence-electron chi connectivity index (χ4n) is 3.75. The molecule has 4 rings (SSSR count). The van der Waals surface area contributed by atoms with E-state index in [9.17, 15) is 14.9 Å². The number of carbonyl (C=O) groups is 1. The highest BCUT2D eigenvalue weighted by Gasteiger charge is 2.27. The molecule has 0 saturated carbocycles. The van der Waals surface area contributed by atoms with Crippen LogP contribution >= 0.6 is 11.6 Å². The van der Waals surface area contributed by atoms with Gasteiger partial charge in [-0.3, -0.25) is 14.9 Å². The first-order valence-electron chi connectivity index (χ1n) is 9.20. The molecule has 2 aliphatic rings. The van der Waals surface area contributed by atoms with Gasteiger partial charge >= 0.3 is 0 Å². The topological polar surface area (TPSA) is 75.9 Å². The second-order valence-corrected chi connectivity index (χ2v) is 7.38. The Kier molecular flexibility index (Phi) is 5.19. The van der Waals surface area contributed by atoms with E-state index in [1.165, 1.54) is 12.1 Å². The first kappa shape index (κ1) is 18.7. The first-order valence-corrected chi connectivity index (χ1v) is 9.58. The Labute approximate surface area is 167 Å². The highest BCUT2D eigenvalue weighted by molar-refractivity contribution is 6.30. The molecule has 0 N–H and O–H groups in total. The van der Waals surface area contributed by atoms with E-state index in [1.807, 2.05) is 18.2 Å². The van der Waals surface area contributed by atoms with Gasteiger partial charge < -0.3 is 14.5 Å². The van der Waals surface area contributed by atoms with Gasteiger partial charge in [-0.25, -0.2) is 0 Å². The highest BCUT2D eigenvalue weighted by atomic mass is 35.5. The standard InChI is InChI=1S/C20H20ClN3O4/c21-16-2-1-15-13-23(6-5-14(15)11-16)20(25)18-12-17(24(26)27)3-4-19(18)22-7-9-28-10-8-22/h1-4,11-12H,5-10,13H2. The minimum absolute atomic E-state index is 0.0791. The summed E-state index contributed by atoms with van der Waals surface area (Å²) < 4.78 is 5.39. The summed E-state index contributed by atoms with van der Waals surface area (Å²) >= 11 is 6.07. The van der Waals surface area contributed by atoms with E-state index < -0.39 is 4.92 Å². The molecule has 2 aromatic rings. The van der Waals surface area contributed by atoms with E-state index in [2.05, 4.69) is 4.90 Å². The summed E-state index contributed by atoms with van der Waals surface area (Å²) in [6.45, 7) is 3.47. The Bertz CT molecular complexity index is 928. The van der Waals surface area contributed by atoms with Gasteiger partial charge in [0.25, 0.3) is 11.6 Å². The maximum absolute atomic E-state index is 13.3. The Morgan fingerprint density at radius 3 is 2.61 bits per heavy atom. The number of morpholine rings is 1. The zero-order valence-corrected chi connectivity index (χ0v) is 16.0. The molecule has 0 atom stereocenters. The predicted octanol–water partition coefficient (Wildman–Crippen LogP) is 3.28. The third-order valence-electron chi connectivity index (χ3n) is 5.24. The van der Waals surface area contributed by atoms with Crippen LogP contribution in [-0.4, -0.2) is 48.6 Å². The van der Waals surface area contributed by atoms with Gasteiger partial charge in [0, 0.05) is 43.3 Å². The molecule has 0 radical (unpaired) electrons. The van der Waals surface area contributed by atoms with Crippen molar-refractivity contribution in [3.63, 3.8) is 0 Å². The normalized spacial score (nSPS) is 16.6. The second kappa shape index (κ2) is 7.77. The number of ether oxygens (including phenoxy) is 1. The van der Waals surface area contributed by atoms with Crippen LogP contribution in [0.25, 0.3) is 0 Å².